The second kappa shape index (κ2) is 5.89. The minimum Gasteiger partial charge on any atom is -0.370 e. The predicted octanol–water partition coefficient (Wildman–Crippen LogP) is 4.31. The van der Waals surface area contributed by atoms with Crippen LogP contribution in [0.1, 0.15) is 25.5 Å². The molecular formula is C11H14Br2O. The molecule has 1 nitrogen and oxygen atoms in total. The predicted molar refractivity (Wildman–Crippen MR) is 66.9 cm³/mol. The minimum atomic E-state index is 0.116. The van der Waals surface area contributed by atoms with E-state index < -0.39 is 0 Å². The van der Waals surface area contributed by atoms with Gasteiger partial charge in [-0.25, -0.2) is 0 Å². The molecular weight excluding hydrogens is 308 g/mol. The largest absolute Gasteiger partial charge is 0.370 e. The van der Waals surface area contributed by atoms with E-state index in [1.165, 1.54) is 5.56 Å². The first-order chi connectivity index (χ1) is 6.65. The number of alkyl halides is 1. The smallest absolute Gasteiger partial charge is 0.0935 e. The minimum absolute atomic E-state index is 0.116. The quantitative estimate of drug-likeness (QED) is 0.751. The van der Waals surface area contributed by atoms with Crippen molar-refractivity contribution in [1.82, 2.24) is 0 Å². The summed E-state index contributed by atoms with van der Waals surface area (Å²) in [5, 5.41) is 0.813. The lowest BCUT2D eigenvalue weighted by molar-refractivity contribution is 0.0210. The molecule has 0 aromatic heterocycles. The van der Waals surface area contributed by atoms with Gasteiger partial charge < -0.3 is 4.74 Å². The molecule has 0 N–H and O–H groups in total. The maximum atomic E-state index is 5.79. The molecule has 0 spiro atoms. The van der Waals surface area contributed by atoms with Gasteiger partial charge in [0.1, 0.15) is 0 Å². The third-order valence-electron chi connectivity index (χ3n) is 1.83. The molecule has 1 aromatic rings. The standard InChI is InChI=1S/C11H14Br2O/c1-8(2)14-11(7-12)9-5-3-4-6-10(9)13/h3-6,8,11H,7H2,1-2H3. The first-order valence-corrected chi connectivity index (χ1v) is 6.52. The van der Waals surface area contributed by atoms with E-state index in [0.717, 1.165) is 9.80 Å². The van der Waals surface area contributed by atoms with Crippen molar-refractivity contribution in [2.45, 2.75) is 26.1 Å². The van der Waals surface area contributed by atoms with Gasteiger partial charge in [0.15, 0.2) is 0 Å². The lowest BCUT2D eigenvalue weighted by Gasteiger charge is -2.19. The van der Waals surface area contributed by atoms with Gasteiger partial charge in [0.05, 0.1) is 12.2 Å². The highest BCUT2D eigenvalue weighted by Crippen LogP contribution is 2.28. The Bertz CT molecular complexity index is 286. The Morgan fingerprint density at radius 2 is 1.93 bits per heavy atom. The number of benzene rings is 1. The normalized spacial score (nSPS) is 13.2. The summed E-state index contributed by atoms with van der Waals surface area (Å²) in [6, 6.07) is 8.15. The molecule has 0 saturated carbocycles. The molecule has 0 radical (unpaired) electrons. The van der Waals surface area contributed by atoms with Crippen molar-refractivity contribution in [3.05, 3.63) is 34.3 Å². The third-order valence-corrected chi connectivity index (χ3v) is 3.14. The van der Waals surface area contributed by atoms with Crippen LogP contribution in [0.3, 0.4) is 0 Å². The van der Waals surface area contributed by atoms with Gasteiger partial charge in [-0.1, -0.05) is 50.1 Å². The van der Waals surface area contributed by atoms with Crippen LogP contribution in [0.4, 0.5) is 0 Å². The van der Waals surface area contributed by atoms with Gasteiger partial charge in [-0.15, -0.1) is 0 Å². The molecule has 0 aliphatic rings. The summed E-state index contributed by atoms with van der Waals surface area (Å²) in [5.74, 6) is 0. The average molecular weight is 322 g/mol. The molecule has 0 amide bonds. The molecule has 0 aliphatic carbocycles. The first kappa shape index (κ1) is 12.2. The number of rotatable bonds is 4. The summed E-state index contributed by atoms with van der Waals surface area (Å²) in [6.45, 7) is 4.10. The molecule has 1 rings (SSSR count). The van der Waals surface area contributed by atoms with Crippen molar-refractivity contribution in [3.63, 3.8) is 0 Å². The monoisotopic (exact) mass is 320 g/mol. The van der Waals surface area contributed by atoms with Gasteiger partial charge >= 0.3 is 0 Å². The van der Waals surface area contributed by atoms with Crippen LogP contribution in [0.25, 0.3) is 0 Å². The first-order valence-electron chi connectivity index (χ1n) is 4.61. The van der Waals surface area contributed by atoms with Crippen molar-refractivity contribution in [2.24, 2.45) is 0 Å². The zero-order chi connectivity index (χ0) is 10.6. The van der Waals surface area contributed by atoms with Gasteiger partial charge in [-0.3, -0.25) is 0 Å². The second-order valence-corrected chi connectivity index (χ2v) is 4.85. The van der Waals surface area contributed by atoms with Crippen molar-refractivity contribution >= 4 is 31.9 Å². The van der Waals surface area contributed by atoms with E-state index >= 15 is 0 Å². The molecule has 0 bridgehead atoms. The number of ether oxygens (including phenoxy) is 1. The highest BCUT2D eigenvalue weighted by Gasteiger charge is 2.14. The Labute approximate surface area is 102 Å². The van der Waals surface area contributed by atoms with Crippen molar-refractivity contribution in [2.75, 3.05) is 5.33 Å². The van der Waals surface area contributed by atoms with Gasteiger partial charge in [-0.2, -0.15) is 0 Å². The molecule has 0 fully saturated rings. The summed E-state index contributed by atoms with van der Waals surface area (Å²) >= 11 is 7.00. The molecule has 14 heavy (non-hydrogen) atoms. The highest BCUT2D eigenvalue weighted by atomic mass is 79.9. The van der Waals surface area contributed by atoms with Gasteiger partial charge in [0.25, 0.3) is 0 Å². The summed E-state index contributed by atoms with van der Waals surface area (Å²) in [6.07, 6.45) is 0.357. The molecule has 3 heteroatoms. The van der Waals surface area contributed by atoms with Crippen LogP contribution >= 0.6 is 31.9 Å². The fraction of sp³-hybridized carbons (Fsp3) is 0.455. The van der Waals surface area contributed by atoms with Gasteiger partial charge in [-0.05, 0) is 25.5 Å². The van der Waals surface area contributed by atoms with Crippen molar-refractivity contribution in [3.8, 4) is 0 Å². The van der Waals surface area contributed by atoms with Gasteiger partial charge in [0, 0.05) is 9.80 Å². The Balaban J connectivity index is 2.83. The van der Waals surface area contributed by atoms with E-state index in [4.69, 9.17) is 4.74 Å². The van der Waals surface area contributed by atoms with Crippen LogP contribution in [0, 0.1) is 0 Å². The molecule has 0 aliphatic heterocycles. The maximum absolute atomic E-state index is 5.79. The SMILES string of the molecule is CC(C)OC(CBr)c1ccccc1Br. The van der Waals surface area contributed by atoms with Crippen LogP contribution in [-0.4, -0.2) is 11.4 Å². The second-order valence-electron chi connectivity index (χ2n) is 3.35. The molecule has 0 heterocycles. The summed E-state index contributed by atoms with van der Waals surface area (Å²) in [5.41, 5.74) is 1.19. The Morgan fingerprint density at radius 3 is 2.43 bits per heavy atom. The van der Waals surface area contributed by atoms with Crippen molar-refractivity contribution < 1.29 is 4.74 Å². The zero-order valence-electron chi connectivity index (χ0n) is 8.34. The maximum Gasteiger partial charge on any atom is 0.0935 e. The lowest BCUT2D eigenvalue weighted by Crippen LogP contribution is -2.12. The molecule has 1 atom stereocenters. The van der Waals surface area contributed by atoms with Gasteiger partial charge in [0.2, 0.25) is 0 Å². The fourth-order valence-electron chi connectivity index (χ4n) is 1.26. The Kier molecular flexibility index (Phi) is 5.13. The molecule has 78 valence electrons. The highest BCUT2D eigenvalue weighted by molar-refractivity contribution is 9.10. The molecule has 1 unspecified atom stereocenters. The fourth-order valence-corrected chi connectivity index (χ4v) is 2.30. The van der Waals surface area contributed by atoms with E-state index in [-0.39, 0.29) is 12.2 Å². The average Bonchev–Trinajstić information content (AvgIpc) is 2.15. The molecule has 1 aromatic carbocycles. The summed E-state index contributed by atoms with van der Waals surface area (Å²) in [7, 11) is 0. The van der Waals surface area contributed by atoms with E-state index in [1.807, 2.05) is 32.0 Å². The summed E-state index contributed by atoms with van der Waals surface area (Å²) < 4.78 is 6.89. The number of hydrogen-bond donors (Lipinski definition) is 0. The Morgan fingerprint density at radius 1 is 1.29 bits per heavy atom. The number of halogens is 2. The van der Waals surface area contributed by atoms with E-state index in [2.05, 4.69) is 37.9 Å². The van der Waals surface area contributed by atoms with Crippen LogP contribution in [0.15, 0.2) is 28.7 Å². The number of hydrogen-bond acceptors (Lipinski definition) is 1. The Hall–Kier alpha value is 0.140. The van der Waals surface area contributed by atoms with E-state index in [1.54, 1.807) is 0 Å². The third kappa shape index (κ3) is 3.37. The van der Waals surface area contributed by atoms with Crippen LogP contribution in [0.2, 0.25) is 0 Å². The van der Waals surface area contributed by atoms with E-state index in [0.29, 0.717) is 0 Å². The summed E-state index contributed by atoms with van der Waals surface area (Å²) in [4.78, 5) is 0. The lowest BCUT2D eigenvalue weighted by atomic mass is 10.1. The van der Waals surface area contributed by atoms with Crippen molar-refractivity contribution in [1.29, 1.82) is 0 Å². The van der Waals surface area contributed by atoms with Crippen LogP contribution in [-0.2, 0) is 4.74 Å². The van der Waals surface area contributed by atoms with Crippen LogP contribution in [0.5, 0.6) is 0 Å². The topological polar surface area (TPSA) is 9.23 Å². The van der Waals surface area contributed by atoms with Crippen LogP contribution < -0.4 is 0 Å². The molecule has 0 saturated heterocycles. The van der Waals surface area contributed by atoms with E-state index in [9.17, 15) is 0 Å². The zero-order valence-corrected chi connectivity index (χ0v) is 11.5.